The number of benzene rings is 1. The molecule has 1 aromatic carbocycles. The molecule has 2 saturated heterocycles. The van der Waals surface area contributed by atoms with Gasteiger partial charge in [-0.05, 0) is 31.0 Å². The normalized spacial score (nSPS) is 26.4. The third-order valence-corrected chi connectivity index (χ3v) is 3.98. The number of amides is 1. The van der Waals surface area contributed by atoms with Gasteiger partial charge >= 0.3 is 0 Å². The summed E-state index contributed by atoms with van der Waals surface area (Å²) in [4.78, 5) is 25.1. The van der Waals surface area contributed by atoms with E-state index in [0.717, 1.165) is 18.5 Å². The number of rotatable bonds is 2. The maximum atomic E-state index is 11.6. The molecule has 2 aliphatic rings. The van der Waals surface area contributed by atoms with Gasteiger partial charge in [-0.1, -0.05) is 6.07 Å². The SMILES string of the molecule is NC(=O)c1cccc(N2C3CCC2CC(=O)C3)c1. The fourth-order valence-electron chi connectivity index (χ4n) is 3.21. The number of carbonyl (C=O) groups is 2. The van der Waals surface area contributed by atoms with Gasteiger partial charge in [-0.25, -0.2) is 0 Å². The molecule has 0 radical (unpaired) electrons. The second kappa shape index (κ2) is 4.12. The Morgan fingerprint density at radius 3 is 2.50 bits per heavy atom. The largest absolute Gasteiger partial charge is 0.366 e. The van der Waals surface area contributed by atoms with Crippen LogP contribution in [0.1, 0.15) is 36.0 Å². The van der Waals surface area contributed by atoms with Crippen molar-refractivity contribution < 1.29 is 9.59 Å². The van der Waals surface area contributed by atoms with Gasteiger partial charge in [0.2, 0.25) is 5.91 Å². The summed E-state index contributed by atoms with van der Waals surface area (Å²) >= 11 is 0. The number of Topliss-reactive ketones (excluding diaryl/α,β-unsaturated/α-hetero) is 1. The van der Waals surface area contributed by atoms with Crippen LogP contribution in [0, 0.1) is 0 Å². The zero-order valence-corrected chi connectivity index (χ0v) is 10.1. The molecular weight excluding hydrogens is 228 g/mol. The Hall–Kier alpha value is -1.84. The van der Waals surface area contributed by atoms with Crippen LogP contribution in [0.25, 0.3) is 0 Å². The second-order valence-electron chi connectivity index (χ2n) is 5.15. The number of nitrogens with two attached hydrogens (primary N) is 1. The van der Waals surface area contributed by atoms with Gasteiger partial charge in [0.15, 0.2) is 0 Å². The van der Waals surface area contributed by atoms with Gasteiger partial charge in [0.05, 0.1) is 0 Å². The van der Waals surface area contributed by atoms with Crippen molar-refractivity contribution >= 4 is 17.4 Å². The molecule has 2 unspecified atom stereocenters. The van der Waals surface area contributed by atoms with E-state index in [0.29, 0.717) is 36.3 Å². The molecular formula is C14H16N2O2. The molecule has 0 saturated carbocycles. The molecule has 2 bridgehead atoms. The average Bonchev–Trinajstić information content (AvgIpc) is 2.62. The summed E-state index contributed by atoms with van der Waals surface area (Å²) in [5.74, 6) is -0.0397. The first kappa shape index (κ1) is 11.3. The van der Waals surface area contributed by atoms with E-state index in [1.165, 1.54) is 0 Å². The highest BCUT2D eigenvalue weighted by atomic mass is 16.1. The lowest BCUT2D eigenvalue weighted by Gasteiger charge is -2.36. The molecule has 18 heavy (non-hydrogen) atoms. The molecule has 2 atom stereocenters. The number of primary amides is 1. The van der Waals surface area contributed by atoms with Crippen molar-refractivity contribution in [3.8, 4) is 0 Å². The number of carbonyl (C=O) groups excluding carboxylic acids is 2. The monoisotopic (exact) mass is 244 g/mol. The Labute approximate surface area is 106 Å². The Morgan fingerprint density at radius 1 is 1.22 bits per heavy atom. The van der Waals surface area contributed by atoms with Crippen LogP contribution in [-0.4, -0.2) is 23.8 Å². The van der Waals surface area contributed by atoms with Crippen molar-refractivity contribution in [2.75, 3.05) is 4.90 Å². The van der Waals surface area contributed by atoms with Crippen LogP contribution in [0.2, 0.25) is 0 Å². The van der Waals surface area contributed by atoms with Crippen molar-refractivity contribution in [1.29, 1.82) is 0 Å². The summed E-state index contributed by atoms with van der Waals surface area (Å²) in [7, 11) is 0. The molecule has 0 aliphatic carbocycles. The van der Waals surface area contributed by atoms with Gasteiger partial charge in [-0.3, -0.25) is 9.59 Å². The van der Waals surface area contributed by atoms with E-state index in [1.807, 2.05) is 18.2 Å². The molecule has 2 heterocycles. The van der Waals surface area contributed by atoms with Crippen LogP contribution in [-0.2, 0) is 4.79 Å². The molecule has 94 valence electrons. The second-order valence-corrected chi connectivity index (χ2v) is 5.15. The van der Waals surface area contributed by atoms with Crippen molar-refractivity contribution in [3.63, 3.8) is 0 Å². The highest BCUT2D eigenvalue weighted by molar-refractivity contribution is 5.94. The van der Waals surface area contributed by atoms with Crippen LogP contribution in [0.5, 0.6) is 0 Å². The first-order valence-corrected chi connectivity index (χ1v) is 6.35. The highest BCUT2D eigenvalue weighted by Crippen LogP contribution is 2.38. The van der Waals surface area contributed by atoms with Gasteiger partial charge in [0.25, 0.3) is 0 Å². The molecule has 2 fully saturated rings. The lowest BCUT2D eigenvalue weighted by atomic mass is 10.00. The van der Waals surface area contributed by atoms with Crippen molar-refractivity contribution in [3.05, 3.63) is 29.8 Å². The zero-order valence-electron chi connectivity index (χ0n) is 10.1. The van der Waals surface area contributed by atoms with Crippen LogP contribution in [0.3, 0.4) is 0 Å². The summed E-state index contributed by atoms with van der Waals surface area (Å²) < 4.78 is 0. The van der Waals surface area contributed by atoms with E-state index in [1.54, 1.807) is 6.07 Å². The van der Waals surface area contributed by atoms with Crippen LogP contribution < -0.4 is 10.6 Å². The predicted molar refractivity (Wildman–Crippen MR) is 68.5 cm³/mol. The average molecular weight is 244 g/mol. The number of hydrogen-bond acceptors (Lipinski definition) is 3. The summed E-state index contributed by atoms with van der Waals surface area (Å²) in [6.07, 6.45) is 3.41. The summed E-state index contributed by atoms with van der Waals surface area (Å²) in [5, 5.41) is 0. The smallest absolute Gasteiger partial charge is 0.248 e. The van der Waals surface area contributed by atoms with Gasteiger partial charge in [0.1, 0.15) is 5.78 Å². The quantitative estimate of drug-likeness (QED) is 0.857. The molecule has 4 nitrogen and oxygen atoms in total. The van der Waals surface area contributed by atoms with Crippen molar-refractivity contribution in [2.45, 2.75) is 37.8 Å². The van der Waals surface area contributed by atoms with E-state index in [2.05, 4.69) is 4.90 Å². The number of fused-ring (bicyclic) bond motifs is 2. The molecule has 1 amide bonds. The van der Waals surface area contributed by atoms with E-state index in [9.17, 15) is 9.59 Å². The molecule has 2 aliphatic heterocycles. The highest BCUT2D eigenvalue weighted by Gasteiger charge is 2.40. The minimum atomic E-state index is -0.405. The predicted octanol–water partition coefficient (Wildman–Crippen LogP) is 1.49. The topological polar surface area (TPSA) is 63.4 Å². The van der Waals surface area contributed by atoms with Gasteiger partial charge in [-0.2, -0.15) is 0 Å². The number of nitrogens with zero attached hydrogens (tertiary/aromatic N) is 1. The first-order valence-electron chi connectivity index (χ1n) is 6.35. The molecule has 2 N–H and O–H groups in total. The number of piperidine rings is 1. The van der Waals surface area contributed by atoms with Gasteiger partial charge in [0, 0.05) is 36.2 Å². The van der Waals surface area contributed by atoms with E-state index in [4.69, 9.17) is 5.73 Å². The molecule has 1 aromatic rings. The number of hydrogen-bond donors (Lipinski definition) is 1. The number of anilines is 1. The lowest BCUT2D eigenvalue weighted by molar-refractivity contribution is -0.120. The molecule has 0 aromatic heterocycles. The zero-order chi connectivity index (χ0) is 12.7. The lowest BCUT2D eigenvalue weighted by Crippen LogP contribution is -2.43. The van der Waals surface area contributed by atoms with E-state index in [-0.39, 0.29) is 0 Å². The third kappa shape index (κ3) is 1.78. The maximum Gasteiger partial charge on any atom is 0.248 e. The Balaban J connectivity index is 1.93. The third-order valence-electron chi connectivity index (χ3n) is 3.98. The molecule has 3 rings (SSSR count). The van der Waals surface area contributed by atoms with Crippen LogP contribution in [0.4, 0.5) is 5.69 Å². The Bertz CT molecular complexity index is 496. The molecule has 4 heteroatoms. The van der Waals surface area contributed by atoms with E-state index < -0.39 is 5.91 Å². The van der Waals surface area contributed by atoms with Gasteiger partial charge in [-0.15, -0.1) is 0 Å². The fourth-order valence-corrected chi connectivity index (χ4v) is 3.21. The molecule has 0 spiro atoms. The van der Waals surface area contributed by atoms with Crippen LogP contribution in [0.15, 0.2) is 24.3 Å². The summed E-state index contributed by atoms with van der Waals surface area (Å²) in [6.45, 7) is 0. The first-order chi connectivity index (χ1) is 8.65. The maximum absolute atomic E-state index is 11.6. The Kier molecular flexibility index (Phi) is 2.58. The van der Waals surface area contributed by atoms with E-state index >= 15 is 0 Å². The fraction of sp³-hybridized carbons (Fsp3) is 0.429. The van der Waals surface area contributed by atoms with Gasteiger partial charge < -0.3 is 10.6 Å². The number of ketones is 1. The van der Waals surface area contributed by atoms with Crippen LogP contribution >= 0.6 is 0 Å². The standard InChI is InChI=1S/C14H16N2O2/c15-14(18)9-2-1-3-10(6-9)16-11-4-5-12(16)8-13(17)7-11/h1-3,6,11-12H,4-5,7-8H2,(H2,15,18). The minimum absolute atomic E-state index is 0.305. The van der Waals surface area contributed by atoms with Crippen molar-refractivity contribution in [2.24, 2.45) is 5.73 Å². The minimum Gasteiger partial charge on any atom is -0.366 e. The summed E-state index contributed by atoms with van der Waals surface area (Å²) in [6, 6.07) is 8.02. The summed E-state index contributed by atoms with van der Waals surface area (Å²) in [5.41, 5.74) is 6.86. The van der Waals surface area contributed by atoms with Crippen molar-refractivity contribution in [1.82, 2.24) is 0 Å². The Morgan fingerprint density at radius 2 is 1.89 bits per heavy atom.